The molecule has 1 aliphatic heterocycles. The predicted octanol–water partition coefficient (Wildman–Crippen LogP) is 1.35. The molecule has 21 heavy (non-hydrogen) atoms. The van der Waals surface area contributed by atoms with Crippen LogP contribution >= 0.6 is 0 Å². The minimum Gasteiger partial charge on any atom is -0.341 e. The molecule has 1 amide bonds. The van der Waals surface area contributed by atoms with E-state index in [9.17, 15) is 4.79 Å². The van der Waals surface area contributed by atoms with Crippen LogP contribution in [0.2, 0.25) is 0 Å². The third-order valence-corrected chi connectivity index (χ3v) is 4.22. The average Bonchev–Trinajstić information content (AvgIpc) is 2.64. The molecule has 0 N–H and O–H groups in total. The second-order valence-corrected chi connectivity index (χ2v) is 5.79. The average molecular weight is 286 g/mol. The minimum atomic E-state index is 0.207. The molecule has 5 heteroatoms. The molecule has 0 aliphatic carbocycles. The smallest absolute Gasteiger partial charge is 0.228 e. The highest BCUT2D eigenvalue weighted by Crippen LogP contribution is 2.14. The Bertz CT molecular complexity index is 649. The number of carbonyl (C=O) groups excluding carboxylic acids is 1. The first-order chi connectivity index (χ1) is 10.1. The number of imidazole rings is 1. The van der Waals surface area contributed by atoms with Crippen LogP contribution < -0.4 is 0 Å². The first-order valence-corrected chi connectivity index (χ1v) is 7.54. The number of amides is 1. The zero-order chi connectivity index (χ0) is 14.8. The summed E-state index contributed by atoms with van der Waals surface area (Å²) in [5.74, 6) is 0.207. The molecule has 112 valence electrons. The number of nitrogens with zero attached hydrogens (tertiary/aromatic N) is 4. The molecule has 0 atom stereocenters. The molecule has 1 fully saturated rings. The van der Waals surface area contributed by atoms with Crippen LogP contribution in [0.5, 0.6) is 0 Å². The summed E-state index contributed by atoms with van der Waals surface area (Å²) < 4.78 is 2.02. The fourth-order valence-electron chi connectivity index (χ4n) is 2.93. The van der Waals surface area contributed by atoms with Gasteiger partial charge in [-0.1, -0.05) is 6.07 Å². The highest BCUT2D eigenvalue weighted by molar-refractivity contribution is 5.79. The SMILES string of the molecule is Cc1nc2ccccn2c1CC(=O)N1CCCN(C)CC1. The Morgan fingerprint density at radius 1 is 1.24 bits per heavy atom. The van der Waals surface area contributed by atoms with Crippen molar-refractivity contribution in [3.05, 3.63) is 35.8 Å². The summed E-state index contributed by atoms with van der Waals surface area (Å²) >= 11 is 0. The van der Waals surface area contributed by atoms with Gasteiger partial charge in [0.15, 0.2) is 0 Å². The van der Waals surface area contributed by atoms with Crippen molar-refractivity contribution < 1.29 is 4.79 Å². The van der Waals surface area contributed by atoms with Crippen LogP contribution in [0.4, 0.5) is 0 Å². The molecule has 0 bridgehead atoms. The molecule has 0 spiro atoms. The van der Waals surface area contributed by atoms with Gasteiger partial charge >= 0.3 is 0 Å². The summed E-state index contributed by atoms with van der Waals surface area (Å²) in [5, 5.41) is 0. The second kappa shape index (κ2) is 5.85. The number of hydrogen-bond acceptors (Lipinski definition) is 3. The van der Waals surface area contributed by atoms with Gasteiger partial charge in [0.1, 0.15) is 5.65 Å². The van der Waals surface area contributed by atoms with Crippen molar-refractivity contribution in [2.45, 2.75) is 19.8 Å². The van der Waals surface area contributed by atoms with Crippen molar-refractivity contribution in [3.8, 4) is 0 Å². The number of hydrogen-bond donors (Lipinski definition) is 0. The molecule has 2 aromatic rings. The summed E-state index contributed by atoms with van der Waals surface area (Å²) in [6.45, 7) is 5.69. The van der Waals surface area contributed by atoms with Crippen molar-refractivity contribution in [1.29, 1.82) is 0 Å². The number of rotatable bonds is 2. The van der Waals surface area contributed by atoms with Crippen molar-refractivity contribution in [3.63, 3.8) is 0 Å². The first-order valence-electron chi connectivity index (χ1n) is 7.54. The quantitative estimate of drug-likeness (QED) is 0.837. The lowest BCUT2D eigenvalue weighted by atomic mass is 10.2. The Hall–Kier alpha value is -1.88. The van der Waals surface area contributed by atoms with Crippen LogP contribution in [-0.4, -0.2) is 58.3 Å². The number of likely N-dealkylation sites (N-methyl/N-ethyl adjacent to an activating group) is 1. The van der Waals surface area contributed by atoms with E-state index < -0.39 is 0 Å². The van der Waals surface area contributed by atoms with Gasteiger partial charge in [-0.2, -0.15) is 0 Å². The van der Waals surface area contributed by atoms with Gasteiger partial charge < -0.3 is 14.2 Å². The molecule has 0 radical (unpaired) electrons. The Morgan fingerprint density at radius 3 is 2.95 bits per heavy atom. The van der Waals surface area contributed by atoms with Gasteiger partial charge in [-0.25, -0.2) is 4.98 Å². The molecule has 0 unspecified atom stereocenters. The van der Waals surface area contributed by atoms with Gasteiger partial charge in [0, 0.05) is 25.8 Å². The Morgan fingerprint density at radius 2 is 2.10 bits per heavy atom. The number of fused-ring (bicyclic) bond motifs is 1. The van der Waals surface area contributed by atoms with E-state index in [1.165, 1.54) is 0 Å². The topological polar surface area (TPSA) is 40.9 Å². The van der Waals surface area contributed by atoms with Crippen LogP contribution in [0, 0.1) is 6.92 Å². The molecule has 3 heterocycles. The molecular formula is C16H22N4O. The zero-order valence-corrected chi connectivity index (χ0v) is 12.7. The van der Waals surface area contributed by atoms with E-state index in [2.05, 4.69) is 16.9 Å². The van der Waals surface area contributed by atoms with Gasteiger partial charge in [-0.3, -0.25) is 4.79 Å². The number of carbonyl (C=O) groups is 1. The van der Waals surface area contributed by atoms with E-state index in [-0.39, 0.29) is 5.91 Å². The Labute approximate surface area is 125 Å². The fourth-order valence-corrected chi connectivity index (χ4v) is 2.93. The van der Waals surface area contributed by atoms with Crippen molar-refractivity contribution in [2.24, 2.45) is 0 Å². The molecule has 2 aromatic heterocycles. The van der Waals surface area contributed by atoms with E-state index >= 15 is 0 Å². The molecule has 0 aromatic carbocycles. The number of aryl methyl sites for hydroxylation is 1. The van der Waals surface area contributed by atoms with Crippen molar-refractivity contribution in [1.82, 2.24) is 19.2 Å². The van der Waals surface area contributed by atoms with Crippen molar-refractivity contribution >= 4 is 11.6 Å². The van der Waals surface area contributed by atoms with Gasteiger partial charge in [0.05, 0.1) is 17.8 Å². The molecule has 1 saturated heterocycles. The predicted molar refractivity (Wildman–Crippen MR) is 82.3 cm³/mol. The highest BCUT2D eigenvalue weighted by Gasteiger charge is 2.20. The molecule has 5 nitrogen and oxygen atoms in total. The van der Waals surface area contributed by atoms with Crippen LogP contribution in [-0.2, 0) is 11.2 Å². The van der Waals surface area contributed by atoms with E-state index in [0.29, 0.717) is 6.42 Å². The first kappa shape index (κ1) is 14.1. The van der Waals surface area contributed by atoms with Crippen LogP contribution in [0.15, 0.2) is 24.4 Å². The summed E-state index contributed by atoms with van der Waals surface area (Å²) in [6, 6.07) is 5.92. The summed E-state index contributed by atoms with van der Waals surface area (Å²) in [7, 11) is 2.11. The summed E-state index contributed by atoms with van der Waals surface area (Å²) in [4.78, 5) is 21.4. The normalized spacial score (nSPS) is 17.1. The Kier molecular flexibility index (Phi) is 3.92. The van der Waals surface area contributed by atoms with E-state index in [1.54, 1.807) is 0 Å². The van der Waals surface area contributed by atoms with Crippen LogP contribution in [0.25, 0.3) is 5.65 Å². The van der Waals surface area contributed by atoms with Gasteiger partial charge in [0.2, 0.25) is 5.91 Å². The second-order valence-electron chi connectivity index (χ2n) is 5.79. The lowest BCUT2D eigenvalue weighted by Gasteiger charge is -2.20. The third kappa shape index (κ3) is 2.93. The van der Waals surface area contributed by atoms with Gasteiger partial charge in [0.25, 0.3) is 0 Å². The standard InChI is InChI=1S/C16H22N4O/c1-13-14(20-9-4-3-6-15(20)17-13)12-16(21)19-8-5-7-18(2)10-11-19/h3-4,6,9H,5,7-8,10-12H2,1-2H3. The summed E-state index contributed by atoms with van der Waals surface area (Å²) in [6.07, 6.45) is 3.46. The maximum Gasteiger partial charge on any atom is 0.228 e. The van der Waals surface area contributed by atoms with Crippen molar-refractivity contribution in [2.75, 3.05) is 33.2 Å². The maximum atomic E-state index is 12.6. The molecule has 1 aliphatic rings. The van der Waals surface area contributed by atoms with E-state index in [1.807, 2.05) is 40.6 Å². The van der Waals surface area contributed by atoms with E-state index in [0.717, 1.165) is 49.6 Å². The fraction of sp³-hybridized carbons (Fsp3) is 0.500. The third-order valence-electron chi connectivity index (χ3n) is 4.22. The maximum absolute atomic E-state index is 12.6. The monoisotopic (exact) mass is 286 g/mol. The molecule has 0 saturated carbocycles. The van der Waals surface area contributed by atoms with Gasteiger partial charge in [-0.15, -0.1) is 0 Å². The van der Waals surface area contributed by atoms with Crippen LogP contribution in [0.3, 0.4) is 0 Å². The number of pyridine rings is 1. The van der Waals surface area contributed by atoms with Crippen LogP contribution in [0.1, 0.15) is 17.8 Å². The molecule has 3 rings (SSSR count). The van der Waals surface area contributed by atoms with E-state index in [4.69, 9.17) is 0 Å². The highest BCUT2D eigenvalue weighted by atomic mass is 16.2. The lowest BCUT2D eigenvalue weighted by Crippen LogP contribution is -2.35. The number of aromatic nitrogens is 2. The summed E-state index contributed by atoms with van der Waals surface area (Å²) in [5.41, 5.74) is 2.86. The molecular weight excluding hydrogens is 264 g/mol. The minimum absolute atomic E-state index is 0.207. The largest absolute Gasteiger partial charge is 0.341 e. The zero-order valence-electron chi connectivity index (χ0n) is 12.7. The Balaban J connectivity index is 1.78. The van der Waals surface area contributed by atoms with Gasteiger partial charge in [-0.05, 0) is 39.1 Å². The lowest BCUT2D eigenvalue weighted by molar-refractivity contribution is -0.130.